The fourth-order valence-corrected chi connectivity index (χ4v) is 2.97. The summed E-state index contributed by atoms with van der Waals surface area (Å²) in [4.78, 5) is 0. The molecule has 0 heterocycles. The number of hydrogen-bond acceptors (Lipinski definition) is 3. The van der Waals surface area contributed by atoms with Crippen LogP contribution >= 0.6 is 27.7 Å². The number of rotatable bonds is 3. The van der Waals surface area contributed by atoms with Gasteiger partial charge in [0.2, 0.25) is 0 Å². The Balaban J connectivity index is 0.000000384. The van der Waals surface area contributed by atoms with Crippen LogP contribution in [0.4, 0.5) is 0 Å². The summed E-state index contributed by atoms with van der Waals surface area (Å²) < 4.78 is 15.1. The summed E-state index contributed by atoms with van der Waals surface area (Å²) in [7, 11) is 12.8. The van der Waals surface area contributed by atoms with Gasteiger partial charge in [0, 0.05) is 36.3 Å². The van der Waals surface area contributed by atoms with E-state index in [1.165, 1.54) is 0 Å². The fourth-order valence-electron chi connectivity index (χ4n) is 2.00. The molecule has 0 aliphatic rings. The molecule has 3 rings (SSSR count). The molecule has 0 saturated heterocycles. The number of para-hydroxylation sites is 3. The molecule has 0 aromatic heterocycles. The molecule has 0 radical (unpaired) electrons. The second-order valence-electron chi connectivity index (χ2n) is 5.23. The first kappa shape index (κ1) is 27.0. The van der Waals surface area contributed by atoms with Crippen LogP contribution in [0.15, 0.2) is 72.8 Å². The van der Waals surface area contributed by atoms with E-state index in [1.807, 2.05) is 72.8 Å². The van der Waals surface area contributed by atoms with Crippen LogP contribution in [0.1, 0.15) is 0 Å². The number of ether oxygens (including phenoxy) is 3. The van der Waals surface area contributed by atoms with E-state index in [9.17, 15) is 0 Å². The van der Waals surface area contributed by atoms with Gasteiger partial charge in [-0.05, 0) is 18.2 Å². The Bertz CT molecular complexity index is 708. The van der Waals surface area contributed by atoms with Crippen LogP contribution in [0, 0.1) is 0 Å². The van der Waals surface area contributed by atoms with E-state index in [2.05, 4.69) is 27.7 Å². The van der Waals surface area contributed by atoms with Crippen molar-refractivity contribution in [3.63, 3.8) is 0 Å². The van der Waals surface area contributed by atoms with Crippen molar-refractivity contribution < 1.29 is 34.6 Å². The molecule has 0 spiro atoms. The molecule has 154 valence electrons. The van der Waals surface area contributed by atoms with Gasteiger partial charge in [-0.25, -0.2) is 0 Å². The summed E-state index contributed by atoms with van der Waals surface area (Å²) in [5, 5.41) is 3.29. The van der Waals surface area contributed by atoms with Crippen molar-refractivity contribution in [2.24, 2.45) is 0 Å². The molecule has 3 nitrogen and oxygen atoms in total. The first-order chi connectivity index (χ1) is 13.0. The van der Waals surface area contributed by atoms with Crippen molar-refractivity contribution >= 4 is 43.6 Å². The zero-order valence-electron chi connectivity index (χ0n) is 16.2. The molecule has 3 aromatic carbocycles. The van der Waals surface area contributed by atoms with Crippen molar-refractivity contribution in [1.82, 2.24) is 0 Å². The Morgan fingerprint density at radius 2 is 0.679 bits per heavy atom. The number of benzene rings is 3. The smallest absolute Gasteiger partial charge is 0.125 e. The summed E-state index contributed by atoms with van der Waals surface area (Å²) >= 11 is 0. The van der Waals surface area contributed by atoms with E-state index >= 15 is 0 Å². The van der Waals surface area contributed by atoms with Crippen LogP contribution in [-0.4, -0.2) is 21.3 Å². The Morgan fingerprint density at radius 1 is 0.464 bits per heavy atom. The minimum Gasteiger partial charge on any atom is -0.496 e. The Labute approximate surface area is 189 Å². The molecule has 0 N–H and O–H groups in total. The molecule has 3 atom stereocenters. The van der Waals surface area contributed by atoms with Crippen LogP contribution in [-0.2, 0) is 20.4 Å². The zero-order chi connectivity index (χ0) is 20.1. The Morgan fingerprint density at radius 3 is 0.821 bits per heavy atom. The number of hydrogen-bond donors (Lipinski definition) is 0. The summed E-state index contributed by atoms with van der Waals surface area (Å²) in [5.74, 6) is 2.76. The molecular weight excluding hydrogens is 500 g/mol. The maximum absolute atomic E-state index is 5.02. The first-order valence-electron chi connectivity index (χ1n) is 8.19. The third-order valence-electron chi connectivity index (χ3n) is 3.42. The SMILES string of the molecule is COc1ccccc1P.COc1ccccc1P.COc1ccccc1P.[Pd]. The van der Waals surface area contributed by atoms with Crippen LogP contribution < -0.4 is 30.1 Å². The topological polar surface area (TPSA) is 27.7 Å². The largest absolute Gasteiger partial charge is 0.496 e. The summed E-state index contributed by atoms with van der Waals surface area (Å²) in [6, 6.07) is 23.6. The van der Waals surface area contributed by atoms with Gasteiger partial charge in [0.1, 0.15) is 17.2 Å². The molecule has 0 fully saturated rings. The molecule has 0 saturated carbocycles. The van der Waals surface area contributed by atoms with E-state index in [-0.39, 0.29) is 20.4 Å². The first-order valence-corrected chi connectivity index (χ1v) is 9.92. The van der Waals surface area contributed by atoms with Gasteiger partial charge in [-0.3, -0.25) is 0 Å². The van der Waals surface area contributed by atoms with E-state index in [0.717, 1.165) is 33.2 Å². The van der Waals surface area contributed by atoms with Crippen LogP contribution in [0.5, 0.6) is 17.2 Å². The molecule has 0 aliphatic carbocycles. The molecule has 28 heavy (non-hydrogen) atoms. The third-order valence-corrected chi connectivity index (χ3v) is 4.85. The van der Waals surface area contributed by atoms with Crippen molar-refractivity contribution in [2.45, 2.75) is 0 Å². The van der Waals surface area contributed by atoms with Crippen molar-refractivity contribution in [2.75, 3.05) is 21.3 Å². The molecule has 3 unspecified atom stereocenters. The summed E-state index contributed by atoms with van der Waals surface area (Å²) in [6.45, 7) is 0. The van der Waals surface area contributed by atoms with Gasteiger partial charge in [0.15, 0.2) is 0 Å². The quantitative estimate of drug-likeness (QED) is 0.386. The number of methoxy groups -OCH3 is 3. The molecular formula is C21H27O3P3Pd. The van der Waals surface area contributed by atoms with Gasteiger partial charge in [-0.1, -0.05) is 54.6 Å². The van der Waals surface area contributed by atoms with Gasteiger partial charge >= 0.3 is 0 Å². The predicted octanol–water partition coefficient (Wildman–Crippen LogP) is 3.58. The molecule has 0 bridgehead atoms. The normalized spacial score (nSPS) is 8.79. The summed E-state index contributed by atoms with van der Waals surface area (Å²) in [5.41, 5.74) is 0. The maximum Gasteiger partial charge on any atom is 0.125 e. The Kier molecular flexibility index (Phi) is 15.3. The second kappa shape index (κ2) is 15.9. The zero-order valence-corrected chi connectivity index (χ0v) is 21.2. The molecule has 0 aliphatic heterocycles. The standard InChI is InChI=1S/3C7H9OP.Pd/c3*1-8-6-4-2-3-5-7(6)9;/h3*2-5H,9H2,1H3;. The Hall–Kier alpha value is -0.988. The van der Waals surface area contributed by atoms with Gasteiger partial charge in [-0.15, -0.1) is 27.7 Å². The second-order valence-corrected chi connectivity index (χ2v) is 7.09. The van der Waals surface area contributed by atoms with E-state index < -0.39 is 0 Å². The average Bonchev–Trinajstić information content (AvgIpc) is 2.70. The minimum absolute atomic E-state index is 0. The van der Waals surface area contributed by atoms with Crippen molar-refractivity contribution in [3.05, 3.63) is 72.8 Å². The average molecular weight is 527 g/mol. The fraction of sp³-hybridized carbons (Fsp3) is 0.143. The predicted molar refractivity (Wildman–Crippen MR) is 127 cm³/mol. The van der Waals surface area contributed by atoms with E-state index in [1.54, 1.807) is 21.3 Å². The molecule has 0 amide bonds. The van der Waals surface area contributed by atoms with Crippen LogP contribution in [0.3, 0.4) is 0 Å². The van der Waals surface area contributed by atoms with Gasteiger partial charge in [0.05, 0.1) is 21.3 Å². The van der Waals surface area contributed by atoms with Crippen LogP contribution in [0.25, 0.3) is 0 Å². The van der Waals surface area contributed by atoms with E-state index in [4.69, 9.17) is 14.2 Å². The van der Waals surface area contributed by atoms with Crippen molar-refractivity contribution in [3.8, 4) is 17.2 Å². The minimum atomic E-state index is 0. The maximum atomic E-state index is 5.02. The summed E-state index contributed by atoms with van der Waals surface area (Å²) in [6.07, 6.45) is 0. The van der Waals surface area contributed by atoms with Crippen molar-refractivity contribution in [1.29, 1.82) is 0 Å². The molecule has 7 heteroatoms. The monoisotopic (exact) mass is 526 g/mol. The third kappa shape index (κ3) is 9.98. The van der Waals surface area contributed by atoms with E-state index in [0.29, 0.717) is 0 Å². The van der Waals surface area contributed by atoms with Gasteiger partial charge in [0.25, 0.3) is 0 Å². The van der Waals surface area contributed by atoms with Gasteiger partial charge in [-0.2, -0.15) is 0 Å². The molecule has 3 aromatic rings. The van der Waals surface area contributed by atoms with Crippen LogP contribution in [0.2, 0.25) is 0 Å². The van der Waals surface area contributed by atoms with Gasteiger partial charge < -0.3 is 14.2 Å².